The number of hydrogen-bond acceptors (Lipinski definition) is 4. The Morgan fingerprint density at radius 2 is 1.96 bits per heavy atom. The highest BCUT2D eigenvalue weighted by Crippen LogP contribution is 2.53. The fourth-order valence-electron chi connectivity index (χ4n) is 5.45. The van der Waals surface area contributed by atoms with Gasteiger partial charge in [0.1, 0.15) is 0 Å². The van der Waals surface area contributed by atoms with Gasteiger partial charge in [0.15, 0.2) is 0 Å². The van der Waals surface area contributed by atoms with Crippen LogP contribution in [0.5, 0.6) is 0 Å². The molecule has 1 saturated carbocycles. The molecule has 0 spiro atoms. The van der Waals surface area contributed by atoms with E-state index < -0.39 is 0 Å². The standard InChI is InChI=1S/C18H24N4O2/c1-12(23)22-14-9-18(2)15(5-3-4-6-16(18)22)21(11-14)17(24)13-7-8-19-20-10-13/h7-8,10,14-16H,3-6,9,11H2,1-2H3/t14-,15+,16-,18+/m0/s1. The minimum absolute atomic E-state index is 0.00120. The summed E-state index contributed by atoms with van der Waals surface area (Å²) >= 11 is 0. The first kappa shape index (κ1) is 15.5. The molecule has 6 heteroatoms. The van der Waals surface area contributed by atoms with Crippen molar-refractivity contribution < 1.29 is 9.59 Å². The Hall–Kier alpha value is -1.98. The highest BCUT2D eigenvalue weighted by Gasteiger charge is 2.60. The van der Waals surface area contributed by atoms with Crippen molar-refractivity contribution in [3.63, 3.8) is 0 Å². The molecule has 2 saturated heterocycles. The summed E-state index contributed by atoms with van der Waals surface area (Å²) < 4.78 is 0. The summed E-state index contributed by atoms with van der Waals surface area (Å²) in [6, 6.07) is 2.34. The first-order valence-electron chi connectivity index (χ1n) is 8.89. The van der Waals surface area contributed by atoms with Gasteiger partial charge >= 0.3 is 0 Å². The summed E-state index contributed by atoms with van der Waals surface area (Å²) in [6.07, 6.45) is 8.44. The molecule has 1 aromatic rings. The van der Waals surface area contributed by atoms with Crippen LogP contribution in [-0.4, -0.2) is 56.5 Å². The molecule has 4 atom stereocenters. The molecule has 6 nitrogen and oxygen atoms in total. The second-order valence-electron chi connectivity index (χ2n) is 7.69. The van der Waals surface area contributed by atoms with Crippen LogP contribution >= 0.6 is 0 Å². The van der Waals surface area contributed by atoms with Crippen molar-refractivity contribution in [2.24, 2.45) is 5.41 Å². The van der Waals surface area contributed by atoms with E-state index in [1.54, 1.807) is 19.2 Å². The number of carbonyl (C=O) groups is 2. The third-order valence-electron chi connectivity index (χ3n) is 6.37. The largest absolute Gasteiger partial charge is 0.335 e. The van der Waals surface area contributed by atoms with Crippen LogP contribution in [0.1, 0.15) is 56.3 Å². The molecule has 128 valence electrons. The number of rotatable bonds is 1. The van der Waals surface area contributed by atoms with Crippen molar-refractivity contribution in [2.75, 3.05) is 6.54 Å². The number of aromatic nitrogens is 2. The van der Waals surface area contributed by atoms with Crippen molar-refractivity contribution >= 4 is 11.8 Å². The molecule has 0 N–H and O–H groups in total. The van der Waals surface area contributed by atoms with Gasteiger partial charge in [0, 0.05) is 31.0 Å². The molecule has 0 radical (unpaired) electrons. The number of hydrogen-bond donors (Lipinski definition) is 0. The second kappa shape index (κ2) is 5.53. The lowest BCUT2D eigenvalue weighted by Crippen LogP contribution is -2.55. The number of likely N-dealkylation sites (tertiary alicyclic amines) is 2. The molecule has 2 amide bonds. The molecule has 3 heterocycles. The molecular weight excluding hydrogens is 304 g/mol. The lowest BCUT2D eigenvalue weighted by molar-refractivity contribution is -0.132. The van der Waals surface area contributed by atoms with E-state index in [1.807, 2.05) is 4.90 Å². The monoisotopic (exact) mass is 328 g/mol. The van der Waals surface area contributed by atoms with Gasteiger partial charge < -0.3 is 9.80 Å². The molecule has 1 aliphatic carbocycles. The summed E-state index contributed by atoms with van der Waals surface area (Å²) in [5, 5.41) is 7.62. The first-order valence-corrected chi connectivity index (χ1v) is 8.89. The summed E-state index contributed by atoms with van der Waals surface area (Å²) in [6.45, 7) is 4.59. The van der Waals surface area contributed by atoms with Crippen molar-refractivity contribution in [3.8, 4) is 0 Å². The average molecular weight is 328 g/mol. The summed E-state index contributed by atoms with van der Waals surface area (Å²) in [4.78, 5) is 29.5. The highest BCUT2D eigenvalue weighted by molar-refractivity contribution is 5.94. The van der Waals surface area contributed by atoms with Gasteiger partial charge in [-0.25, -0.2) is 0 Å². The van der Waals surface area contributed by atoms with Gasteiger partial charge in [0.2, 0.25) is 5.91 Å². The van der Waals surface area contributed by atoms with Crippen LogP contribution in [0.15, 0.2) is 18.5 Å². The second-order valence-corrected chi connectivity index (χ2v) is 7.69. The van der Waals surface area contributed by atoms with E-state index >= 15 is 0 Å². The van der Waals surface area contributed by atoms with Gasteiger partial charge in [-0.2, -0.15) is 10.2 Å². The molecular formula is C18H24N4O2. The Labute approximate surface area is 142 Å². The van der Waals surface area contributed by atoms with Gasteiger partial charge in [-0.1, -0.05) is 19.8 Å². The molecule has 24 heavy (non-hydrogen) atoms. The third kappa shape index (κ3) is 2.15. The quantitative estimate of drug-likeness (QED) is 0.789. The maximum Gasteiger partial charge on any atom is 0.255 e. The van der Waals surface area contributed by atoms with E-state index in [0.29, 0.717) is 12.1 Å². The van der Waals surface area contributed by atoms with Gasteiger partial charge in [-0.05, 0) is 25.3 Å². The molecule has 4 rings (SSSR count). The maximum atomic E-state index is 13.1. The van der Waals surface area contributed by atoms with E-state index in [0.717, 1.165) is 32.1 Å². The number of nitrogens with zero attached hydrogens (tertiary/aromatic N) is 4. The zero-order valence-electron chi connectivity index (χ0n) is 14.3. The first-order chi connectivity index (χ1) is 11.5. The highest BCUT2D eigenvalue weighted by atomic mass is 16.2. The van der Waals surface area contributed by atoms with Crippen LogP contribution in [0.3, 0.4) is 0 Å². The Balaban J connectivity index is 1.73. The van der Waals surface area contributed by atoms with E-state index in [-0.39, 0.29) is 35.4 Å². The van der Waals surface area contributed by atoms with E-state index in [4.69, 9.17) is 0 Å². The van der Waals surface area contributed by atoms with Crippen molar-refractivity contribution in [3.05, 3.63) is 24.0 Å². The average Bonchev–Trinajstić information content (AvgIpc) is 2.69. The topological polar surface area (TPSA) is 66.4 Å². The van der Waals surface area contributed by atoms with Crippen LogP contribution in [0, 0.1) is 5.41 Å². The van der Waals surface area contributed by atoms with Gasteiger partial charge in [-0.15, -0.1) is 0 Å². The van der Waals surface area contributed by atoms with E-state index in [2.05, 4.69) is 22.0 Å². The predicted octanol–water partition coefficient (Wildman–Crippen LogP) is 1.87. The lowest BCUT2D eigenvalue weighted by Gasteiger charge is -2.46. The van der Waals surface area contributed by atoms with E-state index in [1.165, 1.54) is 6.20 Å². The summed E-state index contributed by atoms with van der Waals surface area (Å²) in [5.74, 6) is 0.172. The zero-order chi connectivity index (χ0) is 16.9. The molecule has 2 aliphatic heterocycles. The number of carbonyl (C=O) groups excluding carboxylic acids is 2. The van der Waals surface area contributed by atoms with Crippen LogP contribution in [-0.2, 0) is 4.79 Å². The predicted molar refractivity (Wildman–Crippen MR) is 88.1 cm³/mol. The van der Waals surface area contributed by atoms with Crippen LogP contribution in [0.2, 0.25) is 0 Å². The summed E-state index contributed by atoms with van der Waals surface area (Å²) in [7, 11) is 0. The number of piperidine rings is 1. The minimum Gasteiger partial charge on any atom is -0.335 e. The minimum atomic E-state index is 0.00120. The van der Waals surface area contributed by atoms with Crippen LogP contribution in [0.4, 0.5) is 0 Å². The van der Waals surface area contributed by atoms with Crippen LogP contribution in [0.25, 0.3) is 0 Å². The molecule has 0 aromatic carbocycles. The van der Waals surface area contributed by atoms with Crippen molar-refractivity contribution in [1.29, 1.82) is 0 Å². The third-order valence-corrected chi connectivity index (χ3v) is 6.37. The fourth-order valence-corrected chi connectivity index (χ4v) is 5.45. The maximum absolute atomic E-state index is 13.1. The van der Waals surface area contributed by atoms with Crippen molar-refractivity contribution in [1.82, 2.24) is 20.0 Å². The summed E-state index contributed by atoms with van der Waals surface area (Å²) in [5.41, 5.74) is 0.589. The number of fused-ring (bicyclic) bond motifs is 1. The van der Waals surface area contributed by atoms with Gasteiger partial charge in [0.05, 0.1) is 24.0 Å². The lowest BCUT2D eigenvalue weighted by atomic mass is 9.71. The molecule has 1 aromatic heterocycles. The van der Waals surface area contributed by atoms with Gasteiger partial charge in [0.25, 0.3) is 5.91 Å². The molecule has 2 bridgehead atoms. The molecule has 3 fully saturated rings. The Morgan fingerprint density at radius 3 is 2.62 bits per heavy atom. The zero-order valence-corrected chi connectivity index (χ0v) is 14.3. The Kier molecular flexibility index (Phi) is 3.58. The van der Waals surface area contributed by atoms with Crippen LogP contribution < -0.4 is 0 Å². The number of amides is 2. The molecule has 3 aliphatic rings. The normalized spacial score (nSPS) is 34.8. The van der Waals surface area contributed by atoms with Crippen molar-refractivity contribution in [2.45, 2.75) is 64.1 Å². The smallest absolute Gasteiger partial charge is 0.255 e. The fraction of sp³-hybridized carbons (Fsp3) is 0.667. The Morgan fingerprint density at radius 1 is 1.21 bits per heavy atom. The van der Waals surface area contributed by atoms with E-state index in [9.17, 15) is 9.59 Å². The molecule has 0 unspecified atom stereocenters. The Bertz CT molecular complexity index is 664. The SMILES string of the molecule is CC(=O)N1[C@@H]2CN(C(=O)c3ccnnc3)[C@@H]3CCCC[C@H]1[C@]3(C)C2. The van der Waals surface area contributed by atoms with Gasteiger partial charge in [-0.3, -0.25) is 9.59 Å².